The molecule has 2 heteroatoms. The highest BCUT2D eigenvalue weighted by molar-refractivity contribution is 5.10. The molecule has 0 amide bonds. The van der Waals surface area contributed by atoms with Crippen LogP contribution in [0, 0.1) is 12.1 Å². The van der Waals surface area contributed by atoms with Crippen LogP contribution in [-0.4, -0.2) is 10.7 Å². The molecule has 0 spiro atoms. The van der Waals surface area contributed by atoms with Crippen LogP contribution in [0.5, 0.6) is 0 Å². The molecule has 0 saturated heterocycles. The third-order valence-electron chi connectivity index (χ3n) is 1.96. The Kier molecular flexibility index (Phi) is 2.29. The maximum atomic E-state index is 11.5. The monoisotopic (exact) mass is 142 g/mol. The first-order valence-corrected chi connectivity index (χ1v) is 3.62. The second-order valence-corrected chi connectivity index (χ2v) is 2.81. The molecule has 0 aromatic carbocycles. The molecule has 0 radical (unpaired) electrons. The van der Waals surface area contributed by atoms with E-state index in [0.29, 0.717) is 12.8 Å². The molecule has 0 unspecified atom stereocenters. The van der Waals surface area contributed by atoms with E-state index < -0.39 is 5.60 Å². The van der Waals surface area contributed by atoms with Crippen molar-refractivity contribution in [1.29, 1.82) is 0 Å². The molecular weight excluding hydrogens is 131 g/mol. The van der Waals surface area contributed by atoms with Gasteiger partial charge in [0, 0.05) is 0 Å². The van der Waals surface area contributed by atoms with Gasteiger partial charge in [0.05, 0.1) is 0 Å². The Morgan fingerprint density at radius 1 is 1.20 bits per heavy atom. The summed E-state index contributed by atoms with van der Waals surface area (Å²) < 4.78 is 11.5. The maximum Gasteiger partial charge on any atom is 0.128 e. The lowest BCUT2D eigenvalue weighted by Gasteiger charge is -2.25. The summed E-state index contributed by atoms with van der Waals surface area (Å²) in [6.07, 6.45) is 5.60. The zero-order valence-corrected chi connectivity index (χ0v) is 5.86. The first-order chi connectivity index (χ1) is 4.77. The van der Waals surface area contributed by atoms with Gasteiger partial charge in [-0.3, -0.25) is 0 Å². The van der Waals surface area contributed by atoms with E-state index >= 15 is 0 Å². The lowest BCUT2D eigenvalue weighted by molar-refractivity contribution is 0.0606. The standard InChI is InChI=1S/C8H11FO/c9-7-6-8(10)4-2-1-3-5-8/h10H,1-5H2. The molecule has 56 valence electrons. The molecule has 1 rings (SSSR count). The van der Waals surface area contributed by atoms with Crippen molar-refractivity contribution in [2.75, 3.05) is 0 Å². The highest BCUT2D eigenvalue weighted by Crippen LogP contribution is 2.26. The van der Waals surface area contributed by atoms with Gasteiger partial charge in [0.25, 0.3) is 0 Å². The van der Waals surface area contributed by atoms with E-state index in [2.05, 4.69) is 5.92 Å². The van der Waals surface area contributed by atoms with Crippen molar-refractivity contribution in [3.8, 4) is 12.1 Å². The van der Waals surface area contributed by atoms with Gasteiger partial charge in [0.15, 0.2) is 0 Å². The predicted molar refractivity (Wildman–Crippen MR) is 36.9 cm³/mol. The third-order valence-corrected chi connectivity index (χ3v) is 1.96. The first kappa shape index (κ1) is 7.56. The lowest BCUT2D eigenvalue weighted by atomic mass is 9.86. The number of rotatable bonds is 0. The average molecular weight is 142 g/mol. The van der Waals surface area contributed by atoms with Gasteiger partial charge in [-0.1, -0.05) is 6.42 Å². The number of hydrogen-bond donors (Lipinski definition) is 1. The fourth-order valence-corrected chi connectivity index (χ4v) is 1.35. The largest absolute Gasteiger partial charge is 0.378 e. The van der Waals surface area contributed by atoms with Crippen molar-refractivity contribution >= 4 is 0 Å². The summed E-state index contributed by atoms with van der Waals surface area (Å²) in [5.41, 5.74) is -1.01. The average Bonchev–Trinajstić information content (AvgIpc) is 1.89. The van der Waals surface area contributed by atoms with E-state index in [9.17, 15) is 9.50 Å². The molecular formula is C8H11FO. The minimum absolute atomic E-state index is 0.629. The zero-order valence-electron chi connectivity index (χ0n) is 5.86. The molecule has 0 aliphatic heterocycles. The molecule has 1 fully saturated rings. The highest BCUT2D eigenvalue weighted by Gasteiger charge is 2.26. The fraction of sp³-hybridized carbons (Fsp3) is 0.750. The van der Waals surface area contributed by atoms with Gasteiger partial charge in [-0.2, -0.15) is 0 Å². The molecule has 1 saturated carbocycles. The molecule has 1 aliphatic carbocycles. The molecule has 10 heavy (non-hydrogen) atoms. The van der Waals surface area contributed by atoms with Crippen molar-refractivity contribution in [1.82, 2.24) is 0 Å². The van der Waals surface area contributed by atoms with Crippen LogP contribution < -0.4 is 0 Å². The van der Waals surface area contributed by atoms with Crippen molar-refractivity contribution in [2.24, 2.45) is 0 Å². The van der Waals surface area contributed by atoms with Crippen LogP contribution in [0.15, 0.2) is 0 Å². The number of halogens is 1. The summed E-state index contributed by atoms with van der Waals surface area (Å²) in [6.45, 7) is 0. The molecule has 0 aromatic heterocycles. The Balaban J connectivity index is 2.53. The second kappa shape index (κ2) is 3.03. The van der Waals surface area contributed by atoms with E-state index in [1.165, 1.54) is 6.17 Å². The van der Waals surface area contributed by atoms with Crippen LogP contribution in [0.3, 0.4) is 0 Å². The Morgan fingerprint density at radius 3 is 2.30 bits per heavy atom. The summed E-state index contributed by atoms with van der Waals surface area (Å²) in [4.78, 5) is 0. The Labute approximate surface area is 60.2 Å². The van der Waals surface area contributed by atoms with Gasteiger partial charge in [-0.15, -0.1) is 4.39 Å². The van der Waals surface area contributed by atoms with Crippen LogP contribution in [0.2, 0.25) is 0 Å². The lowest BCUT2D eigenvalue weighted by Crippen LogP contribution is -2.28. The van der Waals surface area contributed by atoms with E-state index in [1.807, 2.05) is 0 Å². The Hall–Kier alpha value is -0.550. The van der Waals surface area contributed by atoms with Gasteiger partial charge in [0.2, 0.25) is 0 Å². The molecule has 1 aliphatic rings. The van der Waals surface area contributed by atoms with Crippen LogP contribution in [0.25, 0.3) is 0 Å². The zero-order chi connectivity index (χ0) is 7.45. The molecule has 0 atom stereocenters. The Bertz CT molecular complexity index is 160. The van der Waals surface area contributed by atoms with Crippen molar-refractivity contribution < 1.29 is 9.50 Å². The minimum Gasteiger partial charge on any atom is -0.378 e. The van der Waals surface area contributed by atoms with E-state index in [0.717, 1.165) is 19.3 Å². The molecule has 1 N–H and O–H groups in total. The number of hydrogen-bond acceptors (Lipinski definition) is 1. The van der Waals surface area contributed by atoms with Crippen LogP contribution in [0.1, 0.15) is 32.1 Å². The summed E-state index contributed by atoms with van der Waals surface area (Å²) in [6, 6.07) is 0. The van der Waals surface area contributed by atoms with E-state index in [1.54, 1.807) is 0 Å². The van der Waals surface area contributed by atoms with Crippen LogP contribution in [-0.2, 0) is 0 Å². The summed E-state index contributed by atoms with van der Waals surface area (Å²) in [7, 11) is 0. The van der Waals surface area contributed by atoms with Gasteiger partial charge in [-0.25, -0.2) is 0 Å². The summed E-state index contributed by atoms with van der Waals surface area (Å²) >= 11 is 0. The Morgan fingerprint density at radius 2 is 1.80 bits per heavy atom. The smallest absolute Gasteiger partial charge is 0.128 e. The van der Waals surface area contributed by atoms with Gasteiger partial charge in [-0.05, 0) is 31.6 Å². The van der Waals surface area contributed by atoms with Crippen LogP contribution >= 0.6 is 0 Å². The summed E-state index contributed by atoms with van der Waals surface area (Å²) in [5.74, 6) is 2.20. The predicted octanol–water partition coefficient (Wildman–Crippen LogP) is 1.61. The first-order valence-electron chi connectivity index (χ1n) is 3.62. The SMILES string of the molecule is OC1(C#CF)CCCCC1. The summed E-state index contributed by atoms with van der Waals surface area (Å²) in [5, 5.41) is 9.46. The van der Waals surface area contributed by atoms with E-state index in [-0.39, 0.29) is 0 Å². The van der Waals surface area contributed by atoms with Gasteiger partial charge < -0.3 is 5.11 Å². The molecule has 0 heterocycles. The second-order valence-electron chi connectivity index (χ2n) is 2.81. The fourth-order valence-electron chi connectivity index (χ4n) is 1.35. The van der Waals surface area contributed by atoms with Gasteiger partial charge in [0.1, 0.15) is 11.8 Å². The third kappa shape index (κ3) is 1.71. The molecule has 0 bridgehead atoms. The maximum absolute atomic E-state index is 11.5. The topological polar surface area (TPSA) is 20.2 Å². The van der Waals surface area contributed by atoms with Crippen molar-refractivity contribution in [2.45, 2.75) is 37.7 Å². The van der Waals surface area contributed by atoms with Crippen molar-refractivity contribution in [3.05, 3.63) is 0 Å². The quantitative estimate of drug-likeness (QED) is 0.509. The molecule has 0 aromatic rings. The van der Waals surface area contributed by atoms with Gasteiger partial charge >= 0.3 is 0 Å². The minimum atomic E-state index is -1.01. The number of aliphatic hydroxyl groups is 1. The van der Waals surface area contributed by atoms with Crippen LogP contribution in [0.4, 0.5) is 4.39 Å². The molecule has 1 nitrogen and oxygen atoms in total. The van der Waals surface area contributed by atoms with E-state index in [4.69, 9.17) is 0 Å². The normalized spacial score (nSPS) is 23.0. The van der Waals surface area contributed by atoms with Crippen molar-refractivity contribution in [3.63, 3.8) is 0 Å². The highest BCUT2D eigenvalue weighted by atomic mass is 19.1.